The second kappa shape index (κ2) is 9.62. The lowest BCUT2D eigenvalue weighted by molar-refractivity contribution is -0.123. The Kier molecular flexibility index (Phi) is 6.34. The largest absolute Gasteiger partial charge is 0.481 e. The predicted octanol–water partition coefficient (Wildman–Crippen LogP) is 4.19. The number of nitriles is 1. The summed E-state index contributed by atoms with van der Waals surface area (Å²) in [5, 5.41) is 12.6. The molecule has 0 spiro atoms. The third kappa shape index (κ3) is 4.62. The van der Waals surface area contributed by atoms with Crippen LogP contribution in [0.2, 0.25) is 0 Å². The quantitative estimate of drug-likeness (QED) is 0.522. The summed E-state index contributed by atoms with van der Waals surface area (Å²) in [6, 6.07) is 13.6. The molecule has 2 aromatic heterocycles. The smallest absolute Gasteiger partial charge is 0.270 e. The Hall–Kier alpha value is -4.32. The number of benzene rings is 1. The summed E-state index contributed by atoms with van der Waals surface area (Å²) in [5.74, 6) is -0.614. The lowest BCUT2D eigenvalue weighted by Gasteiger charge is -2.21. The van der Waals surface area contributed by atoms with Gasteiger partial charge in [-0.3, -0.25) is 9.59 Å². The number of nitrogens with zero attached hydrogens (tertiary/aromatic N) is 4. The van der Waals surface area contributed by atoms with Crippen LogP contribution >= 0.6 is 0 Å². The maximum atomic E-state index is 14.4. The van der Waals surface area contributed by atoms with Crippen molar-refractivity contribution >= 4 is 17.5 Å². The Morgan fingerprint density at radius 1 is 1.30 bits per heavy atom. The van der Waals surface area contributed by atoms with Crippen molar-refractivity contribution in [3.05, 3.63) is 71.4 Å². The van der Waals surface area contributed by atoms with Crippen molar-refractivity contribution in [2.45, 2.75) is 32.7 Å². The van der Waals surface area contributed by atoms with Crippen molar-refractivity contribution in [2.24, 2.45) is 11.3 Å². The van der Waals surface area contributed by atoms with E-state index in [1.165, 1.54) is 19.2 Å². The van der Waals surface area contributed by atoms with E-state index in [0.29, 0.717) is 46.9 Å². The Labute approximate surface area is 214 Å². The van der Waals surface area contributed by atoms with E-state index in [2.05, 4.69) is 21.4 Å². The number of carbonyl (C=O) groups is 2. The molecule has 1 atom stereocenters. The molecule has 2 aliphatic rings. The van der Waals surface area contributed by atoms with Crippen molar-refractivity contribution in [2.75, 3.05) is 18.6 Å². The summed E-state index contributed by atoms with van der Waals surface area (Å²) in [6.45, 7) is 2.25. The van der Waals surface area contributed by atoms with Crippen LogP contribution in [0.3, 0.4) is 0 Å². The van der Waals surface area contributed by atoms with Crippen molar-refractivity contribution in [1.82, 2.24) is 15.3 Å². The molecule has 8 nitrogen and oxygen atoms in total. The van der Waals surface area contributed by atoms with Crippen molar-refractivity contribution in [3.8, 4) is 23.1 Å². The first-order valence-corrected chi connectivity index (χ1v) is 12.1. The molecular weight excluding hydrogens is 473 g/mol. The van der Waals surface area contributed by atoms with Gasteiger partial charge in [-0.1, -0.05) is 0 Å². The van der Waals surface area contributed by atoms with E-state index >= 15 is 0 Å². The monoisotopic (exact) mass is 499 g/mol. The zero-order valence-corrected chi connectivity index (χ0v) is 20.6. The molecule has 2 fully saturated rings. The van der Waals surface area contributed by atoms with Crippen LogP contribution in [0, 0.1) is 35.4 Å². The van der Waals surface area contributed by atoms with E-state index in [1.807, 2.05) is 0 Å². The number of hydrogen-bond acceptors (Lipinski definition) is 6. The second-order valence-electron chi connectivity index (χ2n) is 9.51. The molecule has 0 radical (unpaired) electrons. The van der Waals surface area contributed by atoms with Crippen LogP contribution in [0.25, 0.3) is 11.1 Å². The molecule has 5 rings (SSSR count). The van der Waals surface area contributed by atoms with Gasteiger partial charge in [0.2, 0.25) is 11.8 Å². The first-order valence-electron chi connectivity index (χ1n) is 12.1. The minimum Gasteiger partial charge on any atom is -0.481 e. The molecule has 9 heteroatoms. The van der Waals surface area contributed by atoms with Crippen molar-refractivity contribution < 1.29 is 18.7 Å². The van der Waals surface area contributed by atoms with Crippen LogP contribution < -0.4 is 15.0 Å². The van der Waals surface area contributed by atoms with E-state index in [-0.39, 0.29) is 24.1 Å². The van der Waals surface area contributed by atoms with Crippen LogP contribution in [0.15, 0.2) is 48.7 Å². The Balaban J connectivity index is 1.34. The van der Waals surface area contributed by atoms with Gasteiger partial charge in [-0.25, -0.2) is 14.4 Å². The summed E-state index contributed by atoms with van der Waals surface area (Å²) in [5.41, 5.74) is 2.08. The number of anilines is 1. The number of hydrogen-bond donors (Lipinski definition) is 1. The average molecular weight is 500 g/mol. The highest BCUT2D eigenvalue weighted by molar-refractivity contribution is 6.03. The van der Waals surface area contributed by atoms with Gasteiger partial charge in [-0.2, -0.15) is 5.26 Å². The molecule has 1 saturated carbocycles. The molecule has 1 aliphatic heterocycles. The van der Waals surface area contributed by atoms with Crippen LogP contribution in [-0.4, -0.2) is 35.4 Å². The Morgan fingerprint density at radius 3 is 2.84 bits per heavy atom. The van der Waals surface area contributed by atoms with Gasteiger partial charge in [0, 0.05) is 36.2 Å². The fourth-order valence-corrected chi connectivity index (χ4v) is 5.01. The first kappa shape index (κ1) is 24.4. The van der Waals surface area contributed by atoms with E-state index in [9.17, 15) is 19.2 Å². The summed E-state index contributed by atoms with van der Waals surface area (Å²) in [6.07, 6.45) is 3.87. The number of aromatic nitrogens is 2. The average Bonchev–Trinajstić information content (AvgIpc) is 3.70. The predicted molar refractivity (Wildman–Crippen MR) is 134 cm³/mol. The lowest BCUT2D eigenvalue weighted by atomic mass is 9.83. The molecule has 0 bridgehead atoms. The van der Waals surface area contributed by atoms with Gasteiger partial charge in [-0.15, -0.1) is 0 Å². The molecule has 0 unspecified atom stereocenters. The molecule has 1 aliphatic carbocycles. The standard InChI is InChI=1S/C28H26FN5O3/c1-17-10-22(34-9-7-28(16-30,27(34)36)20-5-6-20)14-24(33-17)25(35)32-15-18-11-19(13-21(29)12-18)23-4-3-8-31-26(23)37-2/h3-4,8,10-14,20H,5-7,9,15H2,1-2H3,(H,32,35)/t28-/m1/s1. The van der Waals surface area contributed by atoms with Crippen molar-refractivity contribution in [1.29, 1.82) is 5.26 Å². The number of nitrogens with one attached hydrogen (secondary N) is 1. The molecule has 2 amide bonds. The van der Waals surface area contributed by atoms with E-state index < -0.39 is 17.1 Å². The van der Waals surface area contributed by atoms with Crippen LogP contribution in [0.1, 0.15) is 41.0 Å². The lowest BCUT2D eigenvalue weighted by Crippen LogP contribution is -2.35. The number of pyridine rings is 2. The molecular formula is C28H26FN5O3. The number of ether oxygens (including phenoxy) is 1. The summed E-state index contributed by atoms with van der Waals surface area (Å²) in [7, 11) is 1.50. The highest BCUT2D eigenvalue weighted by atomic mass is 19.1. The normalized spacial score (nSPS) is 19.0. The molecule has 3 aromatic rings. The number of aryl methyl sites for hydroxylation is 1. The molecule has 188 valence electrons. The third-order valence-electron chi connectivity index (χ3n) is 7.00. The first-order chi connectivity index (χ1) is 17.8. The summed E-state index contributed by atoms with van der Waals surface area (Å²) >= 11 is 0. The topological polar surface area (TPSA) is 108 Å². The van der Waals surface area contributed by atoms with Crippen LogP contribution in [-0.2, 0) is 11.3 Å². The fraction of sp³-hybridized carbons (Fsp3) is 0.321. The van der Waals surface area contributed by atoms with Crippen molar-refractivity contribution in [3.63, 3.8) is 0 Å². The molecule has 1 saturated heterocycles. The maximum absolute atomic E-state index is 14.4. The Morgan fingerprint density at radius 2 is 2.11 bits per heavy atom. The van der Waals surface area contributed by atoms with E-state index in [0.717, 1.165) is 12.8 Å². The van der Waals surface area contributed by atoms with Gasteiger partial charge >= 0.3 is 0 Å². The third-order valence-corrected chi connectivity index (χ3v) is 7.00. The second-order valence-corrected chi connectivity index (χ2v) is 9.51. The van der Waals surface area contributed by atoms with E-state index in [4.69, 9.17) is 4.74 Å². The molecule has 1 N–H and O–H groups in total. The number of rotatable bonds is 7. The number of amides is 2. The summed E-state index contributed by atoms with van der Waals surface area (Å²) < 4.78 is 19.7. The minimum atomic E-state index is -0.967. The molecule has 37 heavy (non-hydrogen) atoms. The zero-order chi connectivity index (χ0) is 26.2. The highest BCUT2D eigenvalue weighted by Gasteiger charge is 2.56. The van der Waals surface area contributed by atoms with Gasteiger partial charge in [-0.05, 0) is 85.7 Å². The number of methoxy groups -OCH3 is 1. The number of carbonyl (C=O) groups excluding carboxylic acids is 2. The number of halogens is 1. The van der Waals surface area contributed by atoms with E-state index in [1.54, 1.807) is 48.4 Å². The van der Waals surface area contributed by atoms with Crippen LogP contribution in [0.5, 0.6) is 5.88 Å². The SMILES string of the molecule is COc1ncccc1-c1cc(F)cc(CNC(=O)c2cc(N3CC[C@@](C#N)(C4CC4)C3=O)cc(C)n2)c1. The van der Waals surface area contributed by atoms with Crippen LogP contribution in [0.4, 0.5) is 10.1 Å². The fourth-order valence-electron chi connectivity index (χ4n) is 5.01. The molecule has 3 heterocycles. The Bertz CT molecular complexity index is 1430. The summed E-state index contributed by atoms with van der Waals surface area (Å²) in [4.78, 5) is 36.3. The molecule has 1 aromatic carbocycles. The van der Waals surface area contributed by atoms with Gasteiger partial charge in [0.05, 0.1) is 13.2 Å². The minimum absolute atomic E-state index is 0.0684. The van der Waals surface area contributed by atoms with Gasteiger partial charge in [0.25, 0.3) is 5.91 Å². The van der Waals surface area contributed by atoms with Gasteiger partial charge in [0.1, 0.15) is 16.9 Å². The maximum Gasteiger partial charge on any atom is 0.270 e. The zero-order valence-electron chi connectivity index (χ0n) is 20.6. The van der Waals surface area contributed by atoms with Gasteiger partial charge in [0.15, 0.2) is 0 Å². The van der Waals surface area contributed by atoms with Gasteiger partial charge < -0.3 is 15.0 Å². The highest BCUT2D eigenvalue weighted by Crippen LogP contribution is 2.51.